The molecule has 0 aliphatic carbocycles. The smallest absolute Gasteiger partial charge is 0.416 e. The van der Waals surface area contributed by atoms with Crippen molar-refractivity contribution in [1.29, 1.82) is 0 Å². The standard InChI is InChI=1S/C32H28ClFN4O3/c33-23-7-14-29-28(21-23)27-15-19-38(32(39)41-26-12-8-24(34)9-13-26)31(30(27)36-29)22-5-10-25(11-6-22)40-20-4-18-37-17-3-1-2-16-35-37/h2-3,5-14,17,21,31,36H,1,4,15,18-20H2/t31-/m1/s1. The molecule has 3 aromatic carbocycles. The van der Waals surface area contributed by atoms with E-state index in [0.29, 0.717) is 24.6 Å². The van der Waals surface area contributed by atoms with E-state index in [1.807, 2.05) is 65.8 Å². The molecular weight excluding hydrogens is 543 g/mol. The van der Waals surface area contributed by atoms with Gasteiger partial charge in [0, 0.05) is 53.2 Å². The molecule has 0 unspecified atom stereocenters. The lowest BCUT2D eigenvalue weighted by atomic mass is 9.92. The van der Waals surface area contributed by atoms with Gasteiger partial charge in [0.1, 0.15) is 23.4 Å². The van der Waals surface area contributed by atoms with Crippen LogP contribution in [0.2, 0.25) is 5.02 Å². The van der Waals surface area contributed by atoms with Gasteiger partial charge in [-0.05, 0) is 84.6 Å². The zero-order valence-electron chi connectivity index (χ0n) is 22.2. The second-order valence-electron chi connectivity index (χ2n) is 9.86. The zero-order chi connectivity index (χ0) is 28.2. The monoisotopic (exact) mass is 570 g/mol. The Morgan fingerprint density at radius 3 is 2.73 bits per heavy atom. The lowest BCUT2D eigenvalue weighted by Gasteiger charge is -2.35. The third-order valence-electron chi connectivity index (χ3n) is 7.15. The van der Waals surface area contributed by atoms with Crippen LogP contribution in [0.1, 0.15) is 35.7 Å². The topological polar surface area (TPSA) is 70.2 Å². The Hall–Kier alpha value is -4.52. The Bertz CT molecular complexity index is 1640. The number of aromatic nitrogens is 1. The number of halogens is 2. The Morgan fingerprint density at radius 1 is 1.10 bits per heavy atom. The van der Waals surface area contributed by atoms with E-state index in [2.05, 4.69) is 16.0 Å². The van der Waals surface area contributed by atoms with Gasteiger partial charge in [0.15, 0.2) is 0 Å². The molecule has 0 bridgehead atoms. The second kappa shape index (κ2) is 11.9. The number of hydrazone groups is 1. The quantitative estimate of drug-likeness (QED) is 0.238. The van der Waals surface area contributed by atoms with E-state index >= 15 is 0 Å². The maximum atomic E-state index is 13.4. The molecule has 1 atom stereocenters. The second-order valence-corrected chi connectivity index (χ2v) is 10.3. The number of hydrogen-bond acceptors (Lipinski definition) is 5. The summed E-state index contributed by atoms with van der Waals surface area (Å²) < 4.78 is 25.0. The molecule has 0 spiro atoms. The van der Waals surface area contributed by atoms with Crippen LogP contribution >= 0.6 is 11.6 Å². The molecule has 3 heterocycles. The molecule has 7 nitrogen and oxygen atoms in total. The molecule has 1 N–H and O–H groups in total. The average Bonchev–Trinajstić information content (AvgIpc) is 3.15. The summed E-state index contributed by atoms with van der Waals surface area (Å²) in [6.45, 7) is 1.71. The molecule has 0 fully saturated rings. The summed E-state index contributed by atoms with van der Waals surface area (Å²) in [7, 11) is 0. The number of amides is 1. The largest absolute Gasteiger partial charge is 0.494 e. The molecule has 0 radical (unpaired) electrons. The normalized spacial score (nSPS) is 16.1. The lowest BCUT2D eigenvalue weighted by molar-refractivity contribution is 0.135. The number of carbonyl (C=O) groups excluding carboxylic acids is 1. The fraction of sp³-hybridized carbons (Fsp3) is 0.219. The number of aromatic amines is 1. The van der Waals surface area contributed by atoms with Crippen LogP contribution in [-0.2, 0) is 6.42 Å². The van der Waals surface area contributed by atoms with E-state index in [4.69, 9.17) is 21.1 Å². The van der Waals surface area contributed by atoms with Gasteiger partial charge in [-0.2, -0.15) is 0 Å². The molecule has 4 aromatic rings. The molecule has 41 heavy (non-hydrogen) atoms. The van der Waals surface area contributed by atoms with Crippen LogP contribution in [0.5, 0.6) is 11.5 Å². The van der Waals surface area contributed by atoms with Gasteiger partial charge in [-0.25, -0.2) is 9.18 Å². The summed E-state index contributed by atoms with van der Waals surface area (Å²) in [5.41, 5.74) is 3.90. The summed E-state index contributed by atoms with van der Waals surface area (Å²) in [6, 6.07) is 18.5. The number of carbonyl (C=O) groups is 1. The minimum Gasteiger partial charge on any atom is -0.494 e. The molecule has 6 rings (SSSR count). The Morgan fingerprint density at radius 2 is 1.90 bits per heavy atom. The first-order valence-electron chi connectivity index (χ1n) is 13.5. The van der Waals surface area contributed by atoms with Crippen molar-refractivity contribution in [3.63, 3.8) is 0 Å². The SMILES string of the molecule is O=C(Oc1ccc(F)cc1)N1CCc2c([nH]c3ccc(Cl)cc23)[C@H]1c1ccc(OCCCN2C=CCC=C=N2)cc1. The third kappa shape index (κ3) is 5.99. The minimum atomic E-state index is -0.510. The van der Waals surface area contributed by atoms with Gasteiger partial charge in [0.05, 0.1) is 6.61 Å². The first-order valence-corrected chi connectivity index (χ1v) is 13.9. The summed E-state index contributed by atoms with van der Waals surface area (Å²) >= 11 is 6.32. The fourth-order valence-electron chi connectivity index (χ4n) is 5.21. The first-order chi connectivity index (χ1) is 20.0. The fourth-order valence-corrected chi connectivity index (χ4v) is 5.38. The molecule has 0 saturated heterocycles. The van der Waals surface area contributed by atoms with Gasteiger partial charge in [0.25, 0.3) is 0 Å². The highest BCUT2D eigenvalue weighted by atomic mass is 35.5. The molecule has 0 saturated carbocycles. The van der Waals surface area contributed by atoms with Crippen LogP contribution in [0, 0.1) is 5.82 Å². The number of H-pyrrole nitrogens is 1. The van der Waals surface area contributed by atoms with Crippen molar-refractivity contribution in [2.75, 3.05) is 19.7 Å². The number of nitrogens with one attached hydrogen (secondary N) is 1. The Labute approximate surface area is 242 Å². The van der Waals surface area contributed by atoms with Crippen LogP contribution in [0.3, 0.4) is 0 Å². The van der Waals surface area contributed by atoms with Crippen molar-refractivity contribution in [3.8, 4) is 11.5 Å². The highest BCUT2D eigenvalue weighted by Gasteiger charge is 2.35. The van der Waals surface area contributed by atoms with E-state index < -0.39 is 18.0 Å². The first kappa shape index (κ1) is 26.7. The maximum absolute atomic E-state index is 13.4. The van der Waals surface area contributed by atoms with E-state index in [1.165, 1.54) is 24.3 Å². The van der Waals surface area contributed by atoms with Crippen molar-refractivity contribution < 1.29 is 18.7 Å². The minimum absolute atomic E-state index is 0.283. The van der Waals surface area contributed by atoms with Crippen LogP contribution in [0.4, 0.5) is 9.18 Å². The maximum Gasteiger partial charge on any atom is 0.416 e. The Balaban J connectivity index is 1.22. The molecule has 208 valence electrons. The van der Waals surface area contributed by atoms with Crippen molar-refractivity contribution in [3.05, 3.63) is 113 Å². The third-order valence-corrected chi connectivity index (χ3v) is 7.38. The number of allylic oxidation sites excluding steroid dienone is 2. The highest BCUT2D eigenvalue weighted by Crippen LogP contribution is 2.40. The van der Waals surface area contributed by atoms with Gasteiger partial charge in [-0.3, -0.25) is 9.91 Å². The predicted molar refractivity (Wildman–Crippen MR) is 157 cm³/mol. The summed E-state index contributed by atoms with van der Waals surface area (Å²) in [5, 5.41) is 7.79. The van der Waals surface area contributed by atoms with Crippen molar-refractivity contribution >= 4 is 34.5 Å². The number of nitrogens with zero attached hydrogens (tertiary/aromatic N) is 3. The van der Waals surface area contributed by atoms with Crippen LogP contribution in [0.25, 0.3) is 10.9 Å². The number of fused-ring (bicyclic) bond motifs is 3. The van der Waals surface area contributed by atoms with E-state index in [-0.39, 0.29) is 5.75 Å². The summed E-state index contributed by atoms with van der Waals surface area (Å²) in [4.78, 5) is 18.7. The number of rotatable bonds is 7. The molecule has 2 aliphatic rings. The molecular formula is C32H28ClFN4O3. The van der Waals surface area contributed by atoms with Crippen molar-refractivity contribution in [2.24, 2.45) is 5.10 Å². The number of benzene rings is 3. The summed E-state index contributed by atoms with van der Waals surface area (Å²) in [6.07, 6.45) is 7.64. The van der Waals surface area contributed by atoms with E-state index in [0.717, 1.165) is 52.9 Å². The van der Waals surface area contributed by atoms with Crippen molar-refractivity contribution in [2.45, 2.75) is 25.3 Å². The van der Waals surface area contributed by atoms with Crippen LogP contribution < -0.4 is 9.47 Å². The van der Waals surface area contributed by atoms with Gasteiger partial charge in [-0.1, -0.05) is 29.8 Å². The molecule has 2 aliphatic heterocycles. The highest BCUT2D eigenvalue weighted by molar-refractivity contribution is 6.31. The zero-order valence-corrected chi connectivity index (χ0v) is 23.0. The molecule has 9 heteroatoms. The van der Waals surface area contributed by atoms with Gasteiger partial charge < -0.3 is 14.5 Å². The van der Waals surface area contributed by atoms with E-state index in [9.17, 15) is 9.18 Å². The number of ether oxygens (including phenoxy) is 2. The van der Waals surface area contributed by atoms with Gasteiger partial charge in [-0.15, -0.1) is 5.10 Å². The van der Waals surface area contributed by atoms with E-state index in [1.54, 1.807) is 4.90 Å². The average molecular weight is 571 g/mol. The van der Waals surface area contributed by atoms with Gasteiger partial charge in [0.2, 0.25) is 0 Å². The predicted octanol–water partition coefficient (Wildman–Crippen LogP) is 7.24. The Kier molecular flexibility index (Phi) is 7.76. The van der Waals surface area contributed by atoms with Crippen LogP contribution in [0.15, 0.2) is 90.2 Å². The lowest BCUT2D eigenvalue weighted by Crippen LogP contribution is -2.42. The van der Waals surface area contributed by atoms with Gasteiger partial charge >= 0.3 is 6.09 Å². The van der Waals surface area contributed by atoms with Crippen molar-refractivity contribution in [1.82, 2.24) is 14.9 Å². The van der Waals surface area contributed by atoms with Crippen LogP contribution in [-0.4, -0.2) is 46.6 Å². The number of hydrogen-bond donors (Lipinski definition) is 1. The molecule has 1 amide bonds. The summed E-state index contributed by atoms with van der Waals surface area (Å²) in [5.74, 6) is 3.53. The molecule has 1 aromatic heterocycles.